The van der Waals surface area contributed by atoms with E-state index in [2.05, 4.69) is 4.72 Å². The third-order valence-corrected chi connectivity index (χ3v) is 2.98. The van der Waals surface area contributed by atoms with Gasteiger partial charge in [0.2, 0.25) is 10.0 Å². The molecule has 0 aliphatic rings. The molecular formula is C11H15NO3S. The quantitative estimate of drug-likeness (QED) is 0.729. The van der Waals surface area contributed by atoms with Crippen molar-refractivity contribution in [3.8, 4) is 0 Å². The molecule has 5 heteroatoms. The van der Waals surface area contributed by atoms with E-state index in [1.807, 2.05) is 30.3 Å². The average Bonchev–Trinajstić information content (AvgIpc) is 2.28. The third kappa shape index (κ3) is 5.06. The maximum Gasteiger partial charge on any atom is 0.233 e. The van der Waals surface area contributed by atoms with Gasteiger partial charge in [0.05, 0.1) is 0 Å². The highest BCUT2D eigenvalue weighted by Gasteiger charge is 2.02. The average molecular weight is 241 g/mol. The van der Waals surface area contributed by atoms with Crippen molar-refractivity contribution >= 4 is 16.1 Å². The molecule has 0 atom stereocenters. The number of aliphatic hydroxyl groups is 1. The molecule has 0 saturated heterocycles. The Kier molecular flexibility index (Phi) is 5.18. The molecule has 2 N–H and O–H groups in total. The van der Waals surface area contributed by atoms with Crippen LogP contribution < -0.4 is 4.72 Å². The molecule has 16 heavy (non-hydrogen) atoms. The van der Waals surface area contributed by atoms with E-state index in [4.69, 9.17) is 5.11 Å². The first-order chi connectivity index (χ1) is 7.64. The van der Waals surface area contributed by atoms with Gasteiger partial charge in [-0.3, -0.25) is 0 Å². The molecule has 0 saturated carbocycles. The van der Waals surface area contributed by atoms with E-state index in [0.717, 1.165) is 11.0 Å². The third-order valence-electron chi connectivity index (χ3n) is 1.88. The lowest BCUT2D eigenvalue weighted by Gasteiger charge is -2.00. The molecule has 0 unspecified atom stereocenters. The SMILES string of the molecule is O=S(=O)(/C=C/c1ccccc1)NCCCO. The maximum absolute atomic E-state index is 11.4. The van der Waals surface area contributed by atoms with E-state index in [1.54, 1.807) is 0 Å². The number of aliphatic hydroxyl groups excluding tert-OH is 1. The first-order valence-corrected chi connectivity index (χ1v) is 6.52. The fraction of sp³-hybridized carbons (Fsp3) is 0.273. The minimum absolute atomic E-state index is 0.0229. The molecular weight excluding hydrogens is 226 g/mol. The molecule has 88 valence electrons. The van der Waals surface area contributed by atoms with Crippen LogP contribution >= 0.6 is 0 Å². The lowest BCUT2D eigenvalue weighted by Crippen LogP contribution is -2.22. The van der Waals surface area contributed by atoms with Gasteiger partial charge >= 0.3 is 0 Å². The number of hydrogen-bond acceptors (Lipinski definition) is 3. The van der Waals surface area contributed by atoms with Crippen LogP contribution in [0, 0.1) is 0 Å². The fourth-order valence-electron chi connectivity index (χ4n) is 1.07. The van der Waals surface area contributed by atoms with Crippen molar-refractivity contribution in [2.75, 3.05) is 13.2 Å². The smallest absolute Gasteiger partial charge is 0.233 e. The molecule has 0 aromatic heterocycles. The summed E-state index contributed by atoms with van der Waals surface area (Å²) in [5.74, 6) is 0. The van der Waals surface area contributed by atoms with Crippen molar-refractivity contribution in [2.45, 2.75) is 6.42 Å². The van der Waals surface area contributed by atoms with E-state index in [1.165, 1.54) is 6.08 Å². The number of sulfonamides is 1. The van der Waals surface area contributed by atoms with E-state index in [9.17, 15) is 8.42 Å². The minimum atomic E-state index is -3.39. The van der Waals surface area contributed by atoms with Crippen LogP contribution in [0.1, 0.15) is 12.0 Å². The Hall–Kier alpha value is -1.17. The largest absolute Gasteiger partial charge is 0.396 e. The summed E-state index contributed by atoms with van der Waals surface area (Å²) in [4.78, 5) is 0. The van der Waals surface area contributed by atoms with E-state index < -0.39 is 10.0 Å². The summed E-state index contributed by atoms with van der Waals surface area (Å²) in [5, 5.41) is 9.64. The Bertz CT molecular complexity index is 426. The fourth-order valence-corrected chi connectivity index (χ4v) is 1.94. The molecule has 1 aromatic carbocycles. The van der Waals surface area contributed by atoms with Gasteiger partial charge in [-0.05, 0) is 18.1 Å². The van der Waals surface area contributed by atoms with Crippen molar-refractivity contribution in [3.63, 3.8) is 0 Å². The van der Waals surface area contributed by atoms with Crippen LogP contribution in [0.4, 0.5) is 0 Å². The highest BCUT2D eigenvalue weighted by atomic mass is 32.2. The van der Waals surface area contributed by atoms with Crippen molar-refractivity contribution in [1.82, 2.24) is 4.72 Å². The van der Waals surface area contributed by atoms with Gasteiger partial charge in [-0.2, -0.15) is 0 Å². The molecule has 0 fully saturated rings. The molecule has 4 nitrogen and oxygen atoms in total. The Morgan fingerprint density at radius 3 is 2.56 bits per heavy atom. The number of nitrogens with one attached hydrogen (secondary N) is 1. The lowest BCUT2D eigenvalue weighted by molar-refractivity contribution is 0.289. The summed E-state index contributed by atoms with van der Waals surface area (Å²) in [6.45, 7) is 0.225. The minimum Gasteiger partial charge on any atom is -0.396 e. The van der Waals surface area contributed by atoms with Crippen molar-refractivity contribution in [3.05, 3.63) is 41.3 Å². The van der Waals surface area contributed by atoms with Crippen LogP contribution in [-0.2, 0) is 10.0 Å². The van der Waals surface area contributed by atoms with Gasteiger partial charge in [0, 0.05) is 18.6 Å². The van der Waals surface area contributed by atoms with Crippen LogP contribution in [0.2, 0.25) is 0 Å². The first kappa shape index (κ1) is 12.9. The predicted molar refractivity (Wildman–Crippen MR) is 64.1 cm³/mol. The summed E-state index contributed by atoms with van der Waals surface area (Å²) in [6.07, 6.45) is 1.94. The number of benzene rings is 1. The van der Waals surface area contributed by atoms with Gasteiger partial charge in [0.1, 0.15) is 0 Å². The molecule has 0 bridgehead atoms. The molecule has 0 heterocycles. The Balaban J connectivity index is 2.56. The molecule has 0 aliphatic heterocycles. The second kappa shape index (κ2) is 6.42. The van der Waals surface area contributed by atoms with Gasteiger partial charge in [0.25, 0.3) is 0 Å². The lowest BCUT2D eigenvalue weighted by atomic mass is 10.2. The van der Waals surface area contributed by atoms with Crippen LogP contribution in [0.3, 0.4) is 0 Å². The molecule has 0 amide bonds. The second-order valence-corrected chi connectivity index (χ2v) is 4.88. The Labute approximate surface area is 95.7 Å². The maximum atomic E-state index is 11.4. The zero-order chi connectivity index (χ0) is 11.9. The molecule has 0 radical (unpaired) electrons. The molecule has 1 rings (SSSR count). The van der Waals surface area contributed by atoms with E-state index >= 15 is 0 Å². The van der Waals surface area contributed by atoms with Gasteiger partial charge in [-0.15, -0.1) is 0 Å². The summed E-state index contributed by atoms with van der Waals surface area (Å²) in [7, 11) is -3.39. The molecule has 1 aromatic rings. The normalized spacial score (nSPS) is 12.1. The van der Waals surface area contributed by atoms with Crippen LogP contribution in [-0.4, -0.2) is 26.7 Å². The molecule has 0 aliphatic carbocycles. The predicted octanol–water partition coefficient (Wildman–Crippen LogP) is 0.959. The van der Waals surface area contributed by atoms with Gasteiger partial charge < -0.3 is 5.11 Å². The monoisotopic (exact) mass is 241 g/mol. The summed E-state index contributed by atoms with van der Waals surface area (Å²) < 4.78 is 25.2. The zero-order valence-corrected chi connectivity index (χ0v) is 9.65. The van der Waals surface area contributed by atoms with Crippen molar-refractivity contribution in [1.29, 1.82) is 0 Å². The van der Waals surface area contributed by atoms with Crippen LogP contribution in [0.5, 0.6) is 0 Å². The van der Waals surface area contributed by atoms with Crippen molar-refractivity contribution < 1.29 is 13.5 Å². The van der Waals surface area contributed by atoms with Gasteiger partial charge in [-0.25, -0.2) is 13.1 Å². The van der Waals surface area contributed by atoms with Crippen LogP contribution in [0.15, 0.2) is 35.7 Å². The summed E-state index contributed by atoms with van der Waals surface area (Å²) >= 11 is 0. The highest BCUT2D eigenvalue weighted by Crippen LogP contribution is 2.02. The Morgan fingerprint density at radius 1 is 1.25 bits per heavy atom. The van der Waals surface area contributed by atoms with E-state index in [0.29, 0.717) is 6.42 Å². The summed E-state index contributed by atoms with van der Waals surface area (Å²) in [5.41, 5.74) is 0.829. The van der Waals surface area contributed by atoms with Crippen LogP contribution in [0.25, 0.3) is 6.08 Å². The summed E-state index contributed by atoms with van der Waals surface area (Å²) in [6, 6.07) is 9.18. The van der Waals surface area contributed by atoms with Gasteiger partial charge in [0.15, 0.2) is 0 Å². The second-order valence-electron chi connectivity index (χ2n) is 3.23. The van der Waals surface area contributed by atoms with Gasteiger partial charge in [-0.1, -0.05) is 30.3 Å². The zero-order valence-electron chi connectivity index (χ0n) is 8.83. The van der Waals surface area contributed by atoms with E-state index in [-0.39, 0.29) is 13.2 Å². The van der Waals surface area contributed by atoms with Crippen molar-refractivity contribution in [2.24, 2.45) is 0 Å². The molecule has 0 spiro atoms. The topological polar surface area (TPSA) is 66.4 Å². The number of rotatable bonds is 6. The number of hydrogen-bond donors (Lipinski definition) is 2. The Morgan fingerprint density at radius 2 is 1.94 bits per heavy atom. The standard InChI is InChI=1S/C11H15NO3S/c13-9-4-8-12-16(14,15)10-7-11-5-2-1-3-6-11/h1-3,5-7,10,12-13H,4,8-9H2/b10-7+. The highest BCUT2D eigenvalue weighted by molar-refractivity contribution is 7.92. The first-order valence-electron chi connectivity index (χ1n) is 4.98.